The van der Waals surface area contributed by atoms with Gasteiger partial charge in [0.2, 0.25) is 0 Å². The Bertz CT molecular complexity index is 1020. The molecule has 134 valence electrons. The number of carbonyl (C=O) groups is 1. The fraction of sp³-hybridized carbons (Fsp3) is 0.235. The summed E-state index contributed by atoms with van der Waals surface area (Å²) in [6.45, 7) is 3.96. The van der Waals surface area contributed by atoms with Crippen LogP contribution in [0, 0.1) is 17.0 Å². The molecule has 3 aromatic rings. The number of pyridine rings is 1. The second-order valence-electron chi connectivity index (χ2n) is 5.64. The van der Waals surface area contributed by atoms with E-state index in [1.165, 1.54) is 12.3 Å². The summed E-state index contributed by atoms with van der Waals surface area (Å²) in [7, 11) is 0. The van der Waals surface area contributed by atoms with E-state index >= 15 is 0 Å². The number of benzene rings is 1. The smallest absolute Gasteiger partial charge is 0.341 e. The van der Waals surface area contributed by atoms with Crippen LogP contribution < -0.4 is 0 Å². The van der Waals surface area contributed by atoms with E-state index in [1.807, 2.05) is 0 Å². The molecule has 9 heteroatoms. The summed E-state index contributed by atoms with van der Waals surface area (Å²) in [4.78, 5) is 26.8. The predicted molar refractivity (Wildman–Crippen MR) is 95.4 cm³/mol. The summed E-state index contributed by atoms with van der Waals surface area (Å²) in [5.74, 6) is -0.447. The maximum Gasteiger partial charge on any atom is 0.341 e. The van der Waals surface area contributed by atoms with Crippen molar-refractivity contribution in [3.8, 4) is 0 Å². The van der Waals surface area contributed by atoms with E-state index in [1.54, 1.807) is 36.9 Å². The topological polar surface area (TPSA) is 100 Å². The number of aryl methyl sites for hydroxylation is 1. The minimum Gasteiger partial charge on any atom is -0.462 e. The number of halogens is 1. The van der Waals surface area contributed by atoms with Gasteiger partial charge < -0.3 is 4.74 Å². The molecule has 0 radical (unpaired) electrons. The van der Waals surface area contributed by atoms with Crippen molar-refractivity contribution in [1.29, 1.82) is 0 Å². The largest absolute Gasteiger partial charge is 0.462 e. The Kier molecular flexibility index (Phi) is 4.85. The van der Waals surface area contributed by atoms with E-state index in [0.29, 0.717) is 27.2 Å². The molecule has 2 heterocycles. The maximum atomic E-state index is 11.9. The summed E-state index contributed by atoms with van der Waals surface area (Å²) in [6.07, 6.45) is 2.94. The molecule has 0 saturated carbocycles. The molecule has 8 nitrogen and oxygen atoms in total. The van der Waals surface area contributed by atoms with Crippen LogP contribution in [-0.4, -0.2) is 32.3 Å². The summed E-state index contributed by atoms with van der Waals surface area (Å²) < 4.78 is 6.54. The Balaban J connectivity index is 2.00. The van der Waals surface area contributed by atoms with Gasteiger partial charge in [-0.05, 0) is 31.5 Å². The second kappa shape index (κ2) is 7.09. The Labute approximate surface area is 153 Å². The number of esters is 1. The van der Waals surface area contributed by atoms with Crippen LogP contribution in [0.15, 0.2) is 30.6 Å². The van der Waals surface area contributed by atoms with Crippen molar-refractivity contribution in [1.82, 2.24) is 14.8 Å². The van der Waals surface area contributed by atoms with Crippen molar-refractivity contribution in [2.75, 3.05) is 6.61 Å². The highest BCUT2D eigenvalue weighted by atomic mass is 35.5. The van der Waals surface area contributed by atoms with E-state index in [0.717, 1.165) is 0 Å². The van der Waals surface area contributed by atoms with Crippen LogP contribution in [0.2, 0.25) is 5.02 Å². The number of nitrogens with zero attached hydrogens (tertiary/aromatic N) is 4. The van der Waals surface area contributed by atoms with Gasteiger partial charge >= 0.3 is 5.97 Å². The Morgan fingerprint density at radius 1 is 1.38 bits per heavy atom. The molecule has 0 unspecified atom stereocenters. The Morgan fingerprint density at radius 2 is 2.15 bits per heavy atom. The minimum atomic E-state index is -0.481. The molecule has 0 amide bonds. The number of hydrogen-bond acceptors (Lipinski definition) is 6. The van der Waals surface area contributed by atoms with E-state index < -0.39 is 10.9 Å². The number of hydrogen-bond donors (Lipinski definition) is 0. The van der Waals surface area contributed by atoms with Crippen LogP contribution in [0.1, 0.15) is 28.5 Å². The lowest BCUT2D eigenvalue weighted by Gasteiger charge is -2.05. The monoisotopic (exact) mass is 374 g/mol. The fourth-order valence-electron chi connectivity index (χ4n) is 2.69. The molecule has 0 aliphatic carbocycles. The second-order valence-corrected chi connectivity index (χ2v) is 6.08. The molecule has 0 bridgehead atoms. The lowest BCUT2D eigenvalue weighted by molar-refractivity contribution is -0.383. The number of nitro benzene ring substituents is 1. The van der Waals surface area contributed by atoms with Crippen LogP contribution in [0.4, 0.5) is 5.69 Å². The van der Waals surface area contributed by atoms with Gasteiger partial charge in [-0.3, -0.25) is 14.8 Å². The first kappa shape index (κ1) is 17.8. The summed E-state index contributed by atoms with van der Waals surface area (Å²) >= 11 is 5.95. The van der Waals surface area contributed by atoms with Crippen LogP contribution in [0.5, 0.6) is 0 Å². The normalized spacial score (nSPS) is 10.9. The molecule has 0 spiro atoms. The molecule has 3 rings (SSSR count). The first-order valence-corrected chi connectivity index (χ1v) is 8.20. The van der Waals surface area contributed by atoms with Gasteiger partial charge in [0.25, 0.3) is 5.69 Å². The summed E-state index contributed by atoms with van der Waals surface area (Å²) in [5, 5.41) is 16.6. The van der Waals surface area contributed by atoms with E-state index in [2.05, 4.69) is 10.1 Å². The number of non-ortho nitro benzene ring substituents is 1. The molecule has 0 fully saturated rings. The van der Waals surface area contributed by atoms with Gasteiger partial charge in [0.15, 0.2) is 0 Å². The van der Waals surface area contributed by atoms with Gasteiger partial charge in [0, 0.05) is 23.8 Å². The number of fused-ring (bicyclic) bond motifs is 1. The average Bonchev–Trinajstić information content (AvgIpc) is 2.94. The van der Waals surface area contributed by atoms with Crippen molar-refractivity contribution < 1.29 is 14.5 Å². The molecule has 0 saturated heterocycles. The van der Waals surface area contributed by atoms with Gasteiger partial charge in [0.1, 0.15) is 11.1 Å². The Hall–Kier alpha value is -3.00. The molecule has 26 heavy (non-hydrogen) atoms. The van der Waals surface area contributed by atoms with Crippen LogP contribution in [0.25, 0.3) is 10.9 Å². The fourth-order valence-corrected chi connectivity index (χ4v) is 2.86. The van der Waals surface area contributed by atoms with Crippen molar-refractivity contribution >= 4 is 34.2 Å². The third-order valence-electron chi connectivity index (χ3n) is 3.77. The molecule has 0 N–H and O–H groups in total. The molecule has 0 atom stereocenters. The average molecular weight is 375 g/mol. The van der Waals surface area contributed by atoms with Gasteiger partial charge in [-0.15, -0.1) is 0 Å². The third-order valence-corrected chi connectivity index (χ3v) is 3.98. The molecular formula is C17H15ClN4O4. The number of carbonyl (C=O) groups excluding carboxylic acids is 1. The first-order valence-electron chi connectivity index (χ1n) is 7.82. The van der Waals surface area contributed by atoms with Crippen LogP contribution in [-0.2, 0) is 11.3 Å². The third kappa shape index (κ3) is 3.50. The molecular weight excluding hydrogens is 360 g/mol. The highest BCUT2D eigenvalue weighted by molar-refractivity contribution is 6.31. The highest BCUT2D eigenvalue weighted by Gasteiger charge is 2.18. The number of aromatic nitrogens is 3. The number of rotatable bonds is 5. The number of nitro groups is 1. The van der Waals surface area contributed by atoms with Gasteiger partial charge in [-0.1, -0.05) is 11.6 Å². The van der Waals surface area contributed by atoms with Crippen LogP contribution >= 0.6 is 11.6 Å². The molecule has 0 aliphatic rings. The predicted octanol–water partition coefficient (Wildman–Crippen LogP) is 3.53. The highest BCUT2D eigenvalue weighted by Crippen LogP contribution is 2.28. The zero-order chi connectivity index (χ0) is 18.8. The summed E-state index contributed by atoms with van der Waals surface area (Å²) in [6, 6.07) is 4.84. The lowest BCUT2D eigenvalue weighted by Crippen LogP contribution is -2.05. The summed E-state index contributed by atoms with van der Waals surface area (Å²) in [5.41, 5.74) is 1.71. The zero-order valence-electron chi connectivity index (χ0n) is 14.1. The molecule has 1 aromatic carbocycles. The zero-order valence-corrected chi connectivity index (χ0v) is 14.9. The SMILES string of the molecule is CCOC(=O)c1cn(Cc2cc([N+](=O)[O-])c3ncc(Cl)cc3c2)nc1C. The van der Waals surface area contributed by atoms with E-state index in [4.69, 9.17) is 16.3 Å². The first-order chi connectivity index (χ1) is 12.4. The van der Waals surface area contributed by atoms with Crippen molar-refractivity contribution in [3.63, 3.8) is 0 Å². The van der Waals surface area contributed by atoms with Gasteiger partial charge in [-0.2, -0.15) is 5.10 Å². The lowest BCUT2D eigenvalue weighted by atomic mass is 10.1. The van der Waals surface area contributed by atoms with Crippen molar-refractivity contribution in [2.45, 2.75) is 20.4 Å². The molecule has 2 aromatic heterocycles. The minimum absolute atomic E-state index is 0.108. The standard InChI is InChI=1S/C17H15ClN4O4/c1-3-26-17(23)14-9-21(20-10(14)2)8-11-4-12-6-13(18)7-19-16(12)15(5-11)22(24)25/h4-7,9H,3,8H2,1-2H3. The van der Waals surface area contributed by atoms with Gasteiger partial charge in [-0.25, -0.2) is 9.78 Å². The van der Waals surface area contributed by atoms with Crippen molar-refractivity contribution in [2.24, 2.45) is 0 Å². The molecule has 0 aliphatic heterocycles. The van der Waals surface area contributed by atoms with Crippen molar-refractivity contribution in [3.05, 3.63) is 62.6 Å². The van der Waals surface area contributed by atoms with E-state index in [9.17, 15) is 14.9 Å². The maximum absolute atomic E-state index is 11.9. The Morgan fingerprint density at radius 3 is 2.85 bits per heavy atom. The quantitative estimate of drug-likeness (QED) is 0.384. The number of ether oxygens (including phenoxy) is 1. The van der Waals surface area contributed by atoms with Crippen LogP contribution in [0.3, 0.4) is 0 Å². The van der Waals surface area contributed by atoms with Gasteiger partial charge in [0.05, 0.1) is 28.8 Å². The van der Waals surface area contributed by atoms with E-state index in [-0.39, 0.29) is 24.4 Å².